The van der Waals surface area contributed by atoms with Gasteiger partial charge in [0.1, 0.15) is 11.6 Å². The number of hydrogen-bond donors (Lipinski definition) is 1. The van der Waals surface area contributed by atoms with E-state index in [0.717, 1.165) is 21.7 Å². The van der Waals surface area contributed by atoms with Crippen molar-refractivity contribution in [3.63, 3.8) is 0 Å². The lowest BCUT2D eigenvalue weighted by Crippen LogP contribution is -2.23. The Hall–Kier alpha value is -2.99. The van der Waals surface area contributed by atoms with E-state index in [2.05, 4.69) is 21.0 Å². The fourth-order valence-electron chi connectivity index (χ4n) is 3.31. The van der Waals surface area contributed by atoms with Crippen molar-refractivity contribution in [2.45, 2.75) is 26.2 Å². The Labute approximate surface area is 176 Å². The van der Waals surface area contributed by atoms with E-state index >= 15 is 0 Å². The monoisotopic (exact) mass is 449 g/mol. The predicted molar refractivity (Wildman–Crippen MR) is 121 cm³/mol. The SMILES string of the molecule is CC[C@@H](C)c1nc2ccc(Br)cc2c(=O)n1N=Cc1c(O)ccc2ccccc12. The van der Waals surface area contributed by atoms with Crippen molar-refractivity contribution in [1.82, 2.24) is 9.66 Å². The van der Waals surface area contributed by atoms with E-state index in [1.54, 1.807) is 12.1 Å². The van der Waals surface area contributed by atoms with Gasteiger partial charge in [0.15, 0.2) is 0 Å². The highest BCUT2D eigenvalue weighted by atomic mass is 79.9. The standard InChI is InChI=1S/C23H20BrN3O2/c1-3-14(2)22-26-20-10-9-16(24)12-18(20)23(29)27(22)25-13-19-17-7-5-4-6-15(17)8-11-21(19)28/h4-14,28H,3H2,1-2H3/t14-/m1/s1. The largest absolute Gasteiger partial charge is 0.507 e. The van der Waals surface area contributed by atoms with Gasteiger partial charge in [0.2, 0.25) is 0 Å². The highest BCUT2D eigenvalue weighted by Gasteiger charge is 2.16. The summed E-state index contributed by atoms with van der Waals surface area (Å²) in [6.45, 7) is 4.07. The van der Waals surface area contributed by atoms with Gasteiger partial charge in [-0.3, -0.25) is 4.79 Å². The zero-order chi connectivity index (χ0) is 20.5. The zero-order valence-corrected chi connectivity index (χ0v) is 17.7. The van der Waals surface area contributed by atoms with Crippen molar-refractivity contribution >= 4 is 43.8 Å². The molecular formula is C23H20BrN3O2. The maximum absolute atomic E-state index is 13.2. The molecule has 146 valence electrons. The Balaban J connectivity index is 1.95. The van der Waals surface area contributed by atoms with Crippen molar-refractivity contribution in [1.29, 1.82) is 0 Å². The van der Waals surface area contributed by atoms with Crippen LogP contribution in [0.3, 0.4) is 0 Å². The Kier molecular flexibility index (Phi) is 5.20. The van der Waals surface area contributed by atoms with E-state index in [1.807, 2.05) is 56.3 Å². The number of fused-ring (bicyclic) bond motifs is 2. The number of benzene rings is 3. The molecule has 1 heterocycles. The Morgan fingerprint density at radius 3 is 2.76 bits per heavy atom. The molecule has 1 aromatic heterocycles. The lowest BCUT2D eigenvalue weighted by Gasteiger charge is -2.14. The Bertz CT molecular complexity index is 1310. The van der Waals surface area contributed by atoms with Crippen LogP contribution in [0.2, 0.25) is 0 Å². The number of aromatic nitrogens is 2. The minimum absolute atomic E-state index is 0.0500. The average Bonchev–Trinajstić information content (AvgIpc) is 2.74. The molecule has 0 bridgehead atoms. The molecule has 0 radical (unpaired) electrons. The van der Waals surface area contributed by atoms with Gasteiger partial charge in [-0.1, -0.05) is 60.1 Å². The van der Waals surface area contributed by atoms with Gasteiger partial charge < -0.3 is 5.11 Å². The van der Waals surface area contributed by atoms with Crippen molar-refractivity contribution in [3.8, 4) is 5.75 Å². The third kappa shape index (κ3) is 3.56. The van der Waals surface area contributed by atoms with Gasteiger partial charge in [0.05, 0.1) is 17.1 Å². The molecule has 0 saturated carbocycles. The van der Waals surface area contributed by atoms with Gasteiger partial charge >= 0.3 is 0 Å². The first-order chi connectivity index (χ1) is 14.0. The summed E-state index contributed by atoms with van der Waals surface area (Å²) in [7, 11) is 0. The third-order valence-corrected chi connectivity index (χ3v) is 5.63. The minimum Gasteiger partial charge on any atom is -0.507 e. The van der Waals surface area contributed by atoms with E-state index in [1.165, 1.54) is 10.9 Å². The van der Waals surface area contributed by atoms with Crippen LogP contribution in [0.15, 0.2) is 69.0 Å². The number of hydrogen-bond acceptors (Lipinski definition) is 4. The van der Waals surface area contributed by atoms with Crippen LogP contribution in [-0.4, -0.2) is 21.0 Å². The second-order valence-corrected chi connectivity index (χ2v) is 7.94. The highest BCUT2D eigenvalue weighted by Crippen LogP contribution is 2.26. The molecule has 29 heavy (non-hydrogen) atoms. The molecule has 4 aromatic rings. The van der Waals surface area contributed by atoms with Crippen molar-refractivity contribution in [3.05, 3.63) is 80.8 Å². The third-order valence-electron chi connectivity index (χ3n) is 5.14. The van der Waals surface area contributed by atoms with E-state index in [9.17, 15) is 9.90 Å². The summed E-state index contributed by atoms with van der Waals surface area (Å²) in [5.41, 5.74) is 0.981. The van der Waals surface area contributed by atoms with Crippen LogP contribution in [-0.2, 0) is 0 Å². The summed E-state index contributed by atoms with van der Waals surface area (Å²) < 4.78 is 2.16. The molecule has 0 saturated heterocycles. The number of aromatic hydroxyl groups is 1. The van der Waals surface area contributed by atoms with Gasteiger partial charge in [-0.25, -0.2) is 4.98 Å². The van der Waals surface area contributed by atoms with E-state index in [0.29, 0.717) is 22.3 Å². The summed E-state index contributed by atoms with van der Waals surface area (Å²) >= 11 is 3.42. The molecule has 0 aliphatic heterocycles. The quantitative estimate of drug-likeness (QED) is 0.423. The van der Waals surface area contributed by atoms with Gasteiger partial charge in [-0.15, -0.1) is 0 Å². The lowest BCUT2D eigenvalue weighted by atomic mass is 10.0. The summed E-state index contributed by atoms with van der Waals surface area (Å²) in [6.07, 6.45) is 2.36. The van der Waals surface area contributed by atoms with Crippen LogP contribution in [0.5, 0.6) is 5.75 Å². The van der Waals surface area contributed by atoms with Crippen molar-refractivity contribution in [2.75, 3.05) is 0 Å². The number of phenols is 1. The molecule has 5 nitrogen and oxygen atoms in total. The molecule has 3 aromatic carbocycles. The summed E-state index contributed by atoms with van der Waals surface area (Å²) in [6, 6.07) is 16.7. The first kappa shape index (κ1) is 19.3. The molecule has 1 N–H and O–H groups in total. The maximum atomic E-state index is 13.2. The fraction of sp³-hybridized carbons (Fsp3) is 0.174. The molecule has 1 atom stereocenters. The Morgan fingerprint density at radius 2 is 1.97 bits per heavy atom. The molecule has 0 fully saturated rings. The first-order valence-corrected chi connectivity index (χ1v) is 10.3. The highest BCUT2D eigenvalue weighted by molar-refractivity contribution is 9.10. The van der Waals surface area contributed by atoms with Gasteiger partial charge in [0, 0.05) is 16.0 Å². The molecule has 0 spiro atoms. The second-order valence-electron chi connectivity index (χ2n) is 7.02. The smallest absolute Gasteiger partial charge is 0.282 e. The molecule has 0 amide bonds. The lowest BCUT2D eigenvalue weighted by molar-refractivity contribution is 0.475. The molecule has 6 heteroatoms. The van der Waals surface area contributed by atoms with Crippen molar-refractivity contribution in [2.24, 2.45) is 5.10 Å². The van der Waals surface area contributed by atoms with Gasteiger partial charge in [0.25, 0.3) is 5.56 Å². The predicted octanol–water partition coefficient (Wildman–Crippen LogP) is 5.41. The molecule has 0 aliphatic carbocycles. The Morgan fingerprint density at radius 1 is 1.17 bits per heavy atom. The second kappa shape index (κ2) is 7.79. The summed E-state index contributed by atoms with van der Waals surface area (Å²) in [5, 5.41) is 17.2. The number of rotatable bonds is 4. The summed E-state index contributed by atoms with van der Waals surface area (Å²) in [4.78, 5) is 17.9. The number of halogens is 1. The van der Waals surface area contributed by atoms with Crippen LogP contribution >= 0.6 is 15.9 Å². The van der Waals surface area contributed by atoms with Crippen LogP contribution in [0, 0.1) is 0 Å². The topological polar surface area (TPSA) is 67.5 Å². The van der Waals surface area contributed by atoms with Gasteiger partial charge in [-0.2, -0.15) is 9.78 Å². The number of phenolic OH excluding ortho intramolecular Hbond substituents is 1. The molecule has 0 unspecified atom stereocenters. The van der Waals surface area contributed by atoms with E-state index < -0.39 is 0 Å². The first-order valence-electron chi connectivity index (χ1n) is 9.47. The van der Waals surface area contributed by atoms with Crippen LogP contribution in [0.25, 0.3) is 21.7 Å². The number of nitrogens with zero attached hydrogens (tertiary/aromatic N) is 3. The fourth-order valence-corrected chi connectivity index (χ4v) is 3.68. The maximum Gasteiger partial charge on any atom is 0.282 e. The van der Waals surface area contributed by atoms with E-state index in [-0.39, 0.29) is 17.2 Å². The van der Waals surface area contributed by atoms with E-state index in [4.69, 9.17) is 4.98 Å². The average molecular weight is 450 g/mol. The normalized spacial score (nSPS) is 12.8. The van der Waals surface area contributed by atoms with Crippen LogP contribution in [0.4, 0.5) is 0 Å². The zero-order valence-electron chi connectivity index (χ0n) is 16.1. The van der Waals surface area contributed by atoms with Gasteiger partial charge in [-0.05, 0) is 41.5 Å². The molecule has 0 aliphatic rings. The minimum atomic E-state index is -0.234. The molecule has 4 rings (SSSR count). The molecular weight excluding hydrogens is 430 g/mol. The van der Waals surface area contributed by atoms with Crippen LogP contribution in [0.1, 0.15) is 37.6 Å². The summed E-state index contributed by atoms with van der Waals surface area (Å²) in [5.74, 6) is 0.763. The van der Waals surface area contributed by atoms with Crippen molar-refractivity contribution < 1.29 is 5.11 Å². The van der Waals surface area contributed by atoms with Crippen LogP contribution < -0.4 is 5.56 Å².